The van der Waals surface area contributed by atoms with E-state index in [-0.39, 0.29) is 18.0 Å². The van der Waals surface area contributed by atoms with E-state index in [0.717, 1.165) is 11.3 Å². The zero-order valence-electron chi connectivity index (χ0n) is 11.7. The Balaban J connectivity index is 1.89. The third kappa shape index (κ3) is 3.67. The van der Waals surface area contributed by atoms with Crippen LogP contribution in [0.5, 0.6) is 5.75 Å². The molecule has 0 aliphatic rings. The van der Waals surface area contributed by atoms with Crippen molar-refractivity contribution in [1.82, 2.24) is 0 Å². The number of ketones is 1. The Bertz CT molecular complexity index is 603. The number of aryl methyl sites for hydroxylation is 2. The van der Waals surface area contributed by atoms with Gasteiger partial charge in [0.25, 0.3) is 0 Å². The molecule has 2 nitrogen and oxygen atoms in total. The normalized spacial score (nSPS) is 10.3. The summed E-state index contributed by atoms with van der Waals surface area (Å²) >= 11 is 0. The van der Waals surface area contributed by atoms with Crippen LogP contribution in [0, 0.1) is 19.7 Å². The molecule has 0 radical (unpaired) electrons. The van der Waals surface area contributed by atoms with Gasteiger partial charge in [-0.05, 0) is 49.7 Å². The highest BCUT2D eigenvalue weighted by Gasteiger charge is 2.07. The highest BCUT2D eigenvalue weighted by molar-refractivity contribution is 5.96. The molecule has 0 aliphatic carbocycles. The van der Waals surface area contributed by atoms with Crippen LogP contribution in [0.15, 0.2) is 42.5 Å². The molecule has 2 aromatic carbocycles. The number of halogens is 1. The minimum Gasteiger partial charge on any atom is -0.493 e. The second kappa shape index (κ2) is 6.33. The van der Waals surface area contributed by atoms with Gasteiger partial charge in [0.2, 0.25) is 0 Å². The Morgan fingerprint density at radius 1 is 1.10 bits per heavy atom. The van der Waals surface area contributed by atoms with Crippen LogP contribution >= 0.6 is 0 Å². The van der Waals surface area contributed by atoms with Gasteiger partial charge >= 0.3 is 0 Å². The summed E-state index contributed by atoms with van der Waals surface area (Å²) in [7, 11) is 0. The molecule has 0 fully saturated rings. The fourth-order valence-electron chi connectivity index (χ4n) is 2.00. The summed E-state index contributed by atoms with van der Waals surface area (Å²) in [6, 6.07) is 11.5. The molecule has 104 valence electrons. The van der Waals surface area contributed by atoms with Gasteiger partial charge in [0.15, 0.2) is 5.78 Å². The molecular weight excluding hydrogens is 255 g/mol. The molecule has 0 bridgehead atoms. The lowest BCUT2D eigenvalue weighted by atomic mass is 10.1. The Morgan fingerprint density at radius 3 is 2.45 bits per heavy atom. The van der Waals surface area contributed by atoms with Crippen LogP contribution in [-0.4, -0.2) is 12.4 Å². The number of rotatable bonds is 5. The summed E-state index contributed by atoms with van der Waals surface area (Å²) in [5.74, 6) is 0.408. The molecule has 3 heteroatoms. The standard InChI is InChI=1S/C17H17FO2/c1-12-3-8-17(13(2)11-12)20-10-9-16(19)14-4-6-15(18)7-5-14/h3-8,11H,9-10H2,1-2H3. The van der Waals surface area contributed by atoms with Crippen LogP contribution < -0.4 is 4.74 Å². The summed E-state index contributed by atoms with van der Waals surface area (Å²) in [4.78, 5) is 11.9. The van der Waals surface area contributed by atoms with Gasteiger partial charge in [0.05, 0.1) is 6.61 Å². The van der Waals surface area contributed by atoms with Gasteiger partial charge in [0.1, 0.15) is 11.6 Å². The van der Waals surface area contributed by atoms with Gasteiger partial charge in [-0.2, -0.15) is 0 Å². The Labute approximate surface area is 118 Å². The maximum Gasteiger partial charge on any atom is 0.166 e. The fourth-order valence-corrected chi connectivity index (χ4v) is 2.00. The third-order valence-corrected chi connectivity index (χ3v) is 3.08. The molecule has 0 atom stereocenters. The zero-order valence-corrected chi connectivity index (χ0v) is 11.7. The summed E-state index contributed by atoms with van der Waals surface area (Å²) in [5, 5.41) is 0. The van der Waals surface area contributed by atoms with Crippen molar-refractivity contribution in [2.45, 2.75) is 20.3 Å². The number of Topliss-reactive ketones (excluding diaryl/α,β-unsaturated/α-hetero) is 1. The van der Waals surface area contributed by atoms with Crippen LogP contribution in [0.3, 0.4) is 0 Å². The van der Waals surface area contributed by atoms with E-state index in [2.05, 4.69) is 0 Å². The molecule has 0 saturated heterocycles. The fraction of sp³-hybridized carbons (Fsp3) is 0.235. The van der Waals surface area contributed by atoms with Gasteiger partial charge in [-0.25, -0.2) is 4.39 Å². The zero-order chi connectivity index (χ0) is 14.5. The molecule has 20 heavy (non-hydrogen) atoms. The first kappa shape index (κ1) is 14.3. The first-order valence-electron chi connectivity index (χ1n) is 6.55. The highest BCUT2D eigenvalue weighted by Crippen LogP contribution is 2.19. The van der Waals surface area contributed by atoms with Gasteiger partial charge < -0.3 is 4.74 Å². The van der Waals surface area contributed by atoms with E-state index < -0.39 is 0 Å². The van der Waals surface area contributed by atoms with Gasteiger partial charge in [-0.1, -0.05) is 17.7 Å². The van der Waals surface area contributed by atoms with Crippen LogP contribution in [-0.2, 0) is 0 Å². The summed E-state index contributed by atoms with van der Waals surface area (Å²) < 4.78 is 18.4. The summed E-state index contributed by atoms with van der Waals surface area (Å²) in [5.41, 5.74) is 2.74. The Morgan fingerprint density at radius 2 is 1.80 bits per heavy atom. The maximum absolute atomic E-state index is 12.8. The van der Waals surface area contributed by atoms with Crippen molar-refractivity contribution in [2.75, 3.05) is 6.61 Å². The van der Waals surface area contributed by atoms with Crippen molar-refractivity contribution < 1.29 is 13.9 Å². The lowest BCUT2D eigenvalue weighted by Gasteiger charge is -2.09. The van der Waals surface area contributed by atoms with Crippen molar-refractivity contribution >= 4 is 5.78 Å². The number of carbonyl (C=O) groups is 1. The molecule has 0 aliphatic heterocycles. The first-order chi connectivity index (χ1) is 9.56. The molecule has 0 saturated carbocycles. The van der Waals surface area contributed by atoms with E-state index in [1.165, 1.54) is 29.8 Å². The second-order valence-electron chi connectivity index (χ2n) is 4.80. The van der Waals surface area contributed by atoms with Crippen molar-refractivity contribution in [3.8, 4) is 5.75 Å². The lowest BCUT2D eigenvalue weighted by Crippen LogP contribution is -2.07. The number of carbonyl (C=O) groups excluding carboxylic acids is 1. The highest BCUT2D eigenvalue weighted by atomic mass is 19.1. The minimum absolute atomic E-state index is 0.0465. The minimum atomic E-state index is -0.340. The van der Waals surface area contributed by atoms with E-state index in [1.807, 2.05) is 32.0 Å². The summed E-state index contributed by atoms with van der Waals surface area (Å²) in [6.07, 6.45) is 0.277. The van der Waals surface area contributed by atoms with Crippen molar-refractivity contribution in [3.05, 3.63) is 65.0 Å². The van der Waals surface area contributed by atoms with Gasteiger partial charge in [0, 0.05) is 12.0 Å². The lowest BCUT2D eigenvalue weighted by molar-refractivity contribution is 0.0962. The molecule has 0 amide bonds. The average Bonchev–Trinajstić information content (AvgIpc) is 2.42. The number of hydrogen-bond donors (Lipinski definition) is 0. The molecule has 0 spiro atoms. The molecule has 2 rings (SSSR count). The quantitative estimate of drug-likeness (QED) is 0.766. The molecule has 0 aromatic heterocycles. The van der Waals surface area contributed by atoms with E-state index >= 15 is 0 Å². The third-order valence-electron chi connectivity index (χ3n) is 3.08. The van der Waals surface area contributed by atoms with Crippen molar-refractivity contribution in [3.63, 3.8) is 0 Å². The van der Waals surface area contributed by atoms with E-state index in [1.54, 1.807) is 0 Å². The number of ether oxygens (including phenoxy) is 1. The molecular formula is C17H17FO2. The van der Waals surface area contributed by atoms with Crippen LogP contribution in [0.4, 0.5) is 4.39 Å². The largest absolute Gasteiger partial charge is 0.493 e. The predicted octanol–water partition coefficient (Wildman–Crippen LogP) is 4.09. The van der Waals surface area contributed by atoms with Crippen molar-refractivity contribution in [2.24, 2.45) is 0 Å². The maximum atomic E-state index is 12.8. The van der Waals surface area contributed by atoms with Crippen LogP contribution in [0.1, 0.15) is 27.9 Å². The monoisotopic (exact) mass is 272 g/mol. The molecule has 0 heterocycles. The van der Waals surface area contributed by atoms with E-state index in [9.17, 15) is 9.18 Å². The first-order valence-corrected chi connectivity index (χ1v) is 6.55. The second-order valence-corrected chi connectivity index (χ2v) is 4.80. The smallest absolute Gasteiger partial charge is 0.166 e. The van der Waals surface area contributed by atoms with Crippen molar-refractivity contribution in [1.29, 1.82) is 0 Å². The molecule has 0 unspecified atom stereocenters. The Hall–Kier alpha value is -2.16. The van der Waals surface area contributed by atoms with Gasteiger partial charge in [-0.3, -0.25) is 4.79 Å². The van der Waals surface area contributed by atoms with E-state index in [4.69, 9.17) is 4.74 Å². The Kier molecular flexibility index (Phi) is 4.51. The molecule has 2 aromatic rings. The van der Waals surface area contributed by atoms with Crippen LogP contribution in [0.2, 0.25) is 0 Å². The van der Waals surface area contributed by atoms with E-state index in [0.29, 0.717) is 12.2 Å². The SMILES string of the molecule is Cc1ccc(OCCC(=O)c2ccc(F)cc2)c(C)c1. The van der Waals surface area contributed by atoms with Crippen LogP contribution in [0.25, 0.3) is 0 Å². The topological polar surface area (TPSA) is 26.3 Å². The van der Waals surface area contributed by atoms with Gasteiger partial charge in [-0.15, -0.1) is 0 Å². The number of hydrogen-bond acceptors (Lipinski definition) is 2. The summed E-state index contributed by atoms with van der Waals surface area (Å²) in [6.45, 7) is 4.32. The average molecular weight is 272 g/mol. The molecule has 0 N–H and O–H groups in total. The number of benzene rings is 2. The predicted molar refractivity (Wildman–Crippen MR) is 76.8 cm³/mol.